The molecule has 4 nitrogen and oxygen atoms in total. The minimum absolute atomic E-state index is 0.270. The molecule has 114 valence electrons. The summed E-state index contributed by atoms with van der Waals surface area (Å²) >= 11 is 0. The molecule has 0 aliphatic rings. The number of benzene rings is 1. The van der Waals surface area contributed by atoms with Crippen LogP contribution < -0.4 is 0 Å². The molecule has 0 radical (unpaired) electrons. The zero-order valence-corrected chi connectivity index (χ0v) is 12.1. The average molecular weight is 282 g/mol. The standard InChI is InChI=1S/C16H26O4/c17-9-5-2-6-10-18-11-12-19-13-14-20-15-16-7-3-1-4-8-16/h1,3-4,7-8,17H,2,5-6,9-15H2. The highest BCUT2D eigenvalue weighted by Gasteiger charge is 1.93. The fourth-order valence-electron chi connectivity index (χ4n) is 1.70. The zero-order chi connectivity index (χ0) is 14.3. The van der Waals surface area contributed by atoms with Crippen LogP contribution in [0.5, 0.6) is 0 Å². The van der Waals surface area contributed by atoms with Crippen molar-refractivity contribution in [3.05, 3.63) is 35.9 Å². The topological polar surface area (TPSA) is 47.9 Å². The lowest BCUT2D eigenvalue weighted by atomic mass is 10.2. The molecule has 1 aromatic rings. The van der Waals surface area contributed by atoms with E-state index in [0.29, 0.717) is 33.0 Å². The van der Waals surface area contributed by atoms with Gasteiger partial charge in [-0.2, -0.15) is 0 Å². The molecule has 1 aromatic carbocycles. The van der Waals surface area contributed by atoms with Crippen LogP contribution in [0.1, 0.15) is 24.8 Å². The van der Waals surface area contributed by atoms with Crippen molar-refractivity contribution in [2.75, 3.05) is 39.6 Å². The fourth-order valence-corrected chi connectivity index (χ4v) is 1.70. The van der Waals surface area contributed by atoms with Crippen molar-refractivity contribution < 1.29 is 19.3 Å². The third kappa shape index (κ3) is 9.92. The number of hydrogen-bond donors (Lipinski definition) is 1. The minimum atomic E-state index is 0.270. The van der Waals surface area contributed by atoms with Crippen LogP contribution in [-0.2, 0) is 20.8 Å². The van der Waals surface area contributed by atoms with Crippen molar-refractivity contribution in [3.63, 3.8) is 0 Å². The predicted octanol–water partition coefficient (Wildman–Crippen LogP) is 2.40. The maximum absolute atomic E-state index is 8.61. The van der Waals surface area contributed by atoms with Crippen molar-refractivity contribution in [2.45, 2.75) is 25.9 Å². The van der Waals surface area contributed by atoms with E-state index in [2.05, 4.69) is 0 Å². The largest absolute Gasteiger partial charge is 0.396 e. The van der Waals surface area contributed by atoms with Gasteiger partial charge in [-0.1, -0.05) is 30.3 Å². The quantitative estimate of drug-likeness (QED) is 0.564. The van der Waals surface area contributed by atoms with Gasteiger partial charge in [-0.05, 0) is 24.8 Å². The second-order valence-electron chi connectivity index (χ2n) is 4.55. The first-order valence-electron chi connectivity index (χ1n) is 7.31. The molecule has 0 heterocycles. The van der Waals surface area contributed by atoms with Crippen LogP contribution in [-0.4, -0.2) is 44.7 Å². The molecule has 0 fully saturated rings. The van der Waals surface area contributed by atoms with Crippen molar-refractivity contribution in [2.24, 2.45) is 0 Å². The van der Waals surface area contributed by atoms with E-state index in [9.17, 15) is 0 Å². The Morgan fingerprint density at radius 1 is 0.700 bits per heavy atom. The Kier molecular flexibility index (Phi) is 11.2. The molecule has 0 aromatic heterocycles. The molecule has 4 heteroatoms. The van der Waals surface area contributed by atoms with Crippen molar-refractivity contribution in [1.29, 1.82) is 0 Å². The average Bonchev–Trinajstić information content (AvgIpc) is 2.49. The van der Waals surface area contributed by atoms with E-state index in [4.69, 9.17) is 19.3 Å². The molecule has 0 spiro atoms. The third-order valence-electron chi connectivity index (χ3n) is 2.80. The van der Waals surface area contributed by atoms with Crippen LogP contribution in [0.3, 0.4) is 0 Å². The number of aliphatic hydroxyl groups is 1. The molecule has 0 aliphatic heterocycles. The molecule has 1 rings (SSSR count). The zero-order valence-electron chi connectivity index (χ0n) is 12.1. The number of aliphatic hydroxyl groups excluding tert-OH is 1. The first kappa shape index (κ1) is 17.1. The molecule has 0 saturated heterocycles. The Hall–Kier alpha value is -0.940. The highest BCUT2D eigenvalue weighted by molar-refractivity contribution is 5.13. The number of ether oxygens (including phenoxy) is 3. The van der Waals surface area contributed by atoms with Gasteiger partial charge >= 0.3 is 0 Å². The summed E-state index contributed by atoms with van der Waals surface area (Å²) in [6.07, 6.45) is 2.88. The molecular formula is C16H26O4. The summed E-state index contributed by atoms with van der Waals surface area (Å²) in [7, 11) is 0. The van der Waals surface area contributed by atoms with Gasteiger partial charge in [-0.3, -0.25) is 0 Å². The Morgan fingerprint density at radius 3 is 2.05 bits per heavy atom. The van der Waals surface area contributed by atoms with E-state index >= 15 is 0 Å². The van der Waals surface area contributed by atoms with Gasteiger partial charge in [0, 0.05) is 13.2 Å². The van der Waals surface area contributed by atoms with E-state index in [1.54, 1.807) is 0 Å². The van der Waals surface area contributed by atoms with Crippen LogP contribution in [0.25, 0.3) is 0 Å². The molecular weight excluding hydrogens is 256 g/mol. The highest BCUT2D eigenvalue weighted by atomic mass is 16.5. The van der Waals surface area contributed by atoms with Gasteiger partial charge in [0.2, 0.25) is 0 Å². The first-order valence-corrected chi connectivity index (χ1v) is 7.31. The van der Waals surface area contributed by atoms with E-state index in [1.165, 1.54) is 5.56 Å². The number of hydrogen-bond acceptors (Lipinski definition) is 4. The molecule has 0 aliphatic carbocycles. The lowest BCUT2D eigenvalue weighted by Crippen LogP contribution is -2.09. The maximum atomic E-state index is 8.61. The number of rotatable bonds is 13. The monoisotopic (exact) mass is 282 g/mol. The summed E-state index contributed by atoms with van der Waals surface area (Å²) in [6, 6.07) is 10.1. The van der Waals surface area contributed by atoms with Gasteiger partial charge in [0.15, 0.2) is 0 Å². The summed E-state index contributed by atoms with van der Waals surface area (Å²) in [6.45, 7) is 4.07. The normalized spacial score (nSPS) is 10.8. The molecule has 0 atom stereocenters. The molecule has 20 heavy (non-hydrogen) atoms. The third-order valence-corrected chi connectivity index (χ3v) is 2.80. The van der Waals surface area contributed by atoms with E-state index in [0.717, 1.165) is 25.9 Å². The molecule has 0 unspecified atom stereocenters. The lowest BCUT2D eigenvalue weighted by Gasteiger charge is -2.07. The Bertz CT molecular complexity index is 303. The SMILES string of the molecule is OCCCCCOCCOCCOCc1ccccc1. The minimum Gasteiger partial charge on any atom is -0.396 e. The summed E-state index contributed by atoms with van der Waals surface area (Å²) in [5.41, 5.74) is 1.18. The second-order valence-corrected chi connectivity index (χ2v) is 4.55. The lowest BCUT2D eigenvalue weighted by molar-refractivity contribution is 0.00994. The van der Waals surface area contributed by atoms with Gasteiger partial charge < -0.3 is 19.3 Å². The Balaban J connectivity index is 1.77. The first-order chi connectivity index (χ1) is 9.93. The van der Waals surface area contributed by atoms with E-state index in [-0.39, 0.29) is 6.61 Å². The maximum Gasteiger partial charge on any atom is 0.0718 e. The molecule has 0 bridgehead atoms. The molecule has 1 N–H and O–H groups in total. The smallest absolute Gasteiger partial charge is 0.0718 e. The van der Waals surface area contributed by atoms with Crippen molar-refractivity contribution in [1.82, 2.24) is 0 Å². The van der Waals surface area contributed by atoms with Crippen LogP contribution >= 0.6 is 0 Å². The fraction of sp³-hybridized carbons (Fsp3) is 0.625. The van der Waals surface area contributed by atoms with Gasteiger partial charge in [-0.15, -0.1) is 0 Å². The number of unbranched alkanes of at least 4 members (excludes halogenated alkanes) is 2. The Labute approximate surface area is 121 Å². The van der Waals surface area contributed by atoms with Gasteiger partial charge in [0.1, 0.15) is 0 Å². The van der Waals surface area contributed by atoms with Crippen molar-refractivity contribution in [3.8, 4) is 0 Å². The van der Waals surface area contributed by atoms with E-state index in [1.807, 2.05) is 30.3 Å². The summed E-state index contributed by atoms with van der Waals surface area (Å²) in [5.74, 6) is 0. The van der Waals surface area contributed by atoms with Crippen LogP contribution in [0.2, 0.25) is 0 Å². The van der Waals surface area contributed by atoms with Crippen LogP contribution in [0, 0.1) is 0 Å². The Morgan fingerprint density at radius 2 is 1.35 bits per heavy atom. The van der Waals surface area contributed by atoms with Gasteiger partial charge in [0.05, 0.1) is 33.0 Å². The van der Waals surface area contributed by atoms with Crippen LogP contribution in [0.4, 0.5) is 0 Å². The predicted molar refractivity (Wildman–Crippen MR) is 78.7 cm³/mol. The van der Waals surface area contributed by atoms with Gasteiger partial charge in [-0.25, -0.2) is 0 Å². The molecule has 0 saturated carbocycles. The summed E-state index contributed by atoms with van der Waals surface area (Å²) in [4.78, 5) is 0. The van der Waals surface area contributed by atoms with Gasteiger partial charge in [0.25, 0.3) is 0 Å². The molecule has 0 amide bonds. The summed E-state index contributed by atoms with van der Waals surface area (Å²) in [5, 5.41) is 8.61. The van der Waals surface area contributed by atoms with Crippen molar-refractivity contribution >= 4 is 0 Å². The van der Waals surface area contributed by atoms with E-state index < -0.39 is 0 Å². The van der Waals surface area contributed by atoms with Crippen LogP contribution in [0.15, 0.2) is 30.3 Å². The summed E-state index contributed by atoms with van der Waals surface area (Å²) < 4.78 is 16.3. The second kappa shape index (κ2) is 13.1. The highest BCUT2D eigenvalue weighted by Crippen LogP contribution is 2.00.